The largest absolute Gasteiger partial charge is 0.387 e. The molecule has 11 heteroatoms. The number of rotatable bonds is 5. The molecule has 9 nitrogen and oxygen atoms in total. The Morgan fingerprint density at radius 1 is 1.12 bits per heavy atom. The molecule has 3 N–H and O–H groups in total. The van der Waals surface area contributed by atoms with Gasteiger partial charge in [-0.15, -0.1) is 0 Å². The van der Waals surface area contributed by atoms with Gasteiger partial charge >= 0.3 is 5.69 Å². The van der Waals surface area contributed by atoms with E-state index in [-0.39, 0.29) is 39.7 Å². The number of anilines is 2. The van der Waals surface area contributed by atoms with Gasteiger partial charge in [0.05, 0.1) is 16.6 Å². The third-order valence-electron chi connectivity index (χ3n) is 6.45. The number of sulfonamides is 1. The third-order valence-corrected chi connectivity index (χ3v) is 7.95. The molecule has 1 aromatic heterocycles. The van der Waals surface area contributed by atoms with Crippen LogP contribution in [0.25, 0.3) is 10.9 Å². The maximum atomic E-state index is 13.5. The molecule has 1 saturated heterocycles. The molecule has 1 aliphatic heterocycles. The number of hydrogen-bond acceptors (Lipinski definition) is 6. The van der Waals surface area contributed by atoms with Gasteiger partial charge < -0.3 is 10.2 Å². The second-order valence-electron chi connectivity index (χ2n) is 8.29. The predicted molar refractivity (Wildman–Crippen MR) is 119 cm³/mol. The number of aromatic nitrogens is 2. The van der Waals surface area contributed by atoms with Gasteiger partial charge in [0, 0.05) is 38.9 Å². The molecule has 2 fully saturated rings. The van der Waals surface area contributed by atoms with E-state index in [0.717, 1.165) is 5.69 Å². The third kappa shape index (κ3) is 3.28. The molecule has 3 atom stereocenters. The number of hydrogen-bond donors (Lipinski definition) is 3. The number of halogens is 1. The molecule has 0 spiro atoms. The molecule has 0 radical (unpaired) electrons. The van der Waals surface area contributed by atoms with Gasteiger partial charge in [-0.2, -0.15) is 0 Å². The van der Waals surface area contributed by atoms with Crippen LogP contribution in [-0.2, 0) is 17.1 Å². The van der Waals surface area contributed by atoms with Crippen LogP contribution >= 0.6 is 0 Å². The lowest BCUT2D eigenvalue weighted by Gasteiger charge is -2.22. The van der Waals surface area contributed by atoms with Gasteiger partial charge in [0.25, 0.3) is 5.56 Å². The fourth-order valence-corrected chi connectivity index (χ4v) is 6.19. The summed E-state index contributed by atoms with van der Waals surface area (Å²) in [7, 11) is -0.853. The van der Waals surface area contributed by atoms with Gasteiger partial charge in [-0.25, -0.2) is 22.3 Å². The van der Waals surface area contributed by atoms with Crippen molar-refractivity contribution in [3.63, 3.8) is 0 Å². The Labute approximate surface area is 182 Å². The van der Waals surface area contributed by atoms with E-state index < -0.39 is 21.3 Å². The monoisotopic (exact) mass is 459 g/mol. The van der Waals surface area contributed by atoms with Crippen LogP contribution in [0.4, 0.5) is 15.8 Å². The zero-order valence-electron chi connectivity index (χ0n) is 17.4. The van der Waals surface area contributed by atoms with E-state index in [9.17, 15) is 22.4 Å². The predicted octanol–water partition coefficient (Wildman–Crippen LogP) is 0.821. The fraction of sp³-hybridized carbons (Fsp3) is 0.333. The van der Waals surface area contributed by atoms with Gasteiger partial charge in [0.2, 0.25) is 10.0 Å². The van der Waals surface area contributed by atoms with Crippen molar-refractivity contribution < 1.29 is 12.8 Å². The van der Waals surface area contributed by atoms with E-state index in [1.807, 2.05) is 6.07 Å². The fourth-order valence-electron chi connectivity index (χ4n) is 4.63. The smallest absolute Gasteiger partial charge is 0.328 e. The Hall–Kier alpha value is -3.18. The highest BCUT2D eigenvalue weighted by molar-refractivity contribution is 7.89. The molecule has 1 aliphatic carbocycles. The summed E-state index contributed by atoms with van der Waals surface area (Å²) in [6.07, 6.45) is 0. The van der Waals surface area contributed by atoms with Crippen LogP contribution in [0, 0.1) is 17.7 Å². The van der Waals surface area contributed by atoms with Crippen molar-refractivity contribution in [3.8, 4) is 0 Å². The van der Waals surface area contributed by atoms with Crippen molar-refractivity contribution in [1.29, 1.82) is 0 Å². The van der Waals surface area contributed by atoms with Gasteiger partial charge in [-0.1, -0.05) is 6.07 Å². The van der Waals surface area contributed by atoms with E-state index >= 15 is 0 Å². The first-order valence-corrected chi connectivity index (χ1v) is 11.7. The second-order valence-corrected chi connectivity index (χ2v) is 9.98. The first-order valence-electron chi connectivity index (χ1n) is 10.2. The second kappa shape index (κ2) is 7.17. The Bertz CT molecular complexity index is 1450. The quantitative estimate of drug-likeness (QED) is 0.520. The number of H-pyrrole nitrogens is 1. The van der Waals surface area contributed by atoms with Crippen molar-refractivity contribution >= 4 is 32.3 Å². The summed E-state index contributed by atoms with van der Waals surface area (Å²) in [5, 5.41) is 2.96. The highest BCUT2D eigenvalue weighted by Crippen LogP contribution is 2.47. The molecule has 32 heavy (non-hydrogen) atoms. The normalized spacial score (nSPS) is 22.2. The molecule has 168 valence electrons. The van der Waals surface area contributed by atoms with Crippen LogP contribution in [0.2, 0.25) is 0 Å². The van der Waals surface area contributed by atoms with Crippen LogP contribution < -0.4 is 26.2 Å². The van der Waals surface area contributed by atoms with E-state index in [1.54, 1.807) is 13.1 Å². The molecule has 2 aromatic carbocycles. The maximum absolute atomic E-state index is 13.5. The van der Waals surface area contributed by atoms with Crippen molar-refractivity contribution in [1.82, 2.24) is 14.3 Å². The van der Waals surface area contributed by atoms with E-state index in [4.69, 9.17) is 0 Å². The van der Waals surface area contributed by atoms with Crippen molar-refractivity contribution in [2.75, 3.05) is 30.4 Å². The zero-order valence-corrected chi connectivity index (χ0v) is 18.2. The molecule has 2 heterocycles. The minimum absolute atomic E-state index is 0.0522. The molecule has 1 saturated carbocycles. The van der Waals surface area contributed by atoms with Crippen LogP contribution in [0.15, 0.2) is 50.9 Å². The highest BCUT2D eigenvalue weighted by atomic mass is 32.2. The molecule has 1 unspecified atom stereocenters. The van der Waals surface area contributed by atoms with Crippen LogP contribution in [0.3, 0.4) is 0 Å². The molecule has 3 aromatic rings. The Morgan fingerprint density at radius 2 is 1.84 bits per heavy atom. The van der Waals surface area contributed by atoms with Crippen LogP contribution in [0.5, 0.6) is 0 Å². The summed E-state index contributed by atoms with van der Waals surface area (Å²) in [5.41, 5.74) is 0.188. The molecular formula is C21H22FN5O4S. The molecule has 5 rings (SSSR count). The molecule has 2 aliphatic rings. The average molecular weight is 460 g/mol. The SMILES string of the molecule is CNc1cc2c(cc1S(=O)(=O)NC1[C@H]3CN(c4cccc(F)c4)C[C@@H]13)c(=O)[nH]c(=O)n2C. The van der Waals surface area contributed by atoms with Crippen molar-refractivity contribution in [3.05, 3.63) is 63.1 Å². The maximum Gasteiger partial charge on any atom is 0.328 e. The lowest BCUT2D eigenvalue weighted by molar-refractivity contribution is 0.571. The van der Waals surface area contributed by atoms with Gasteiger partial charge in [-0.3, -0.25) is 14.3 Å². The molecule has 0 bridgehead atoms. The van der Waals surface area contributed by atoms with Gasteiger partial charge in [-0.05, 0) is 42.2 Å². The number of piperidine rings is 1. The van der Waals surface area contributed by atoms with Crippen molar-refractivity contribution in [2.45, 2.75) is 10.9 Å². The van der Waals surface area contributed by atoms with Crippen LogP contribution in [-0.4, -0.2) is 44.1 Å². The van der Waals surface area contributed by atoms with Gasteiger partial charge in [0.1, 0.15) is 10.7 Å². The summed E-state index contributed by atoms with van der Waals surface area (Å²) in [5.74, 6) is -0.0322. The van der Waals surface area contributed by atoms with E-state index in [0.29, 0.717) is 18.6 Å². The zero-order chi connectivity index (χ0) is 22.8. The Balaban J connectivity index is 1.41. The first kappa shape index (κ1) is 20.7. The number of fused-ring (bicyclic) bond motifs is 2. The lowest BCUT2D eigenvalue weighted by atomic mass is 10.2. The minimum Gasteiger partial charge on any atom is -0.387 e. The molecular weight excluding hydrogens is 437 g/mol. The lowest BCUT2D eigenvalue weighted by Crippen LogP contribution is -2.35. The number of nitrogens with one attached hydrogen (secondary N) is 3. The molecule has 0 amide bonds. The topological polar surface area (TPSA) is 116 Å². The summed E-state index contributed by atoms with van der Waals surface area (Å²) < 4.78 is 43.9. The highest BCUT2D eigenvalue weighted by Gasteiger charge is 2.57. The summed E-state index contributed by atoms with van der Waals surface area (Å²) >= 11 is 0. The number of aromatic amines is 1. The summed E-state index contributed by atoms with van der Waals surface area (Å²) in [4.78, 5) is 28.4. The van der Waals surface area contributed by atoms with Gasteiger partial charge in [0.15, 0.2) is 0 Å². The van der Waals surface area contributed by atoms with Crippen molar-refractivity contribution in [2.24, 2.45) is 18.9 Å². The Morgan fingerprint density at radius 3 is 2.50 bits per heavy atom. The summed E-state index contributed by atoms with van der Waals surface area (Å²) in [6, 6.07) is 8.92. The number of nitrogens with zero attached hydrogens (tertiary/aromatic N) is 2. The van der Waals surface area contributed by atoms with Crippen LogP contribution in [0.1, 0.15) is 0 Å². The first-order chi connectivity index (χ1) is 15.2. The number of aryl methyl sites for hydroxylation is 1. The minimum atomic E-state index is -3.93. The average Bonchev–Trinajstić information content (AvgIpc) is 3.18. The Kier molecular flexibility index (Phi) is 4.64. The standard InChI is InChI=1S/C21H22FN5O4S/c1-23-16-8-17-13(20(28)24-21(29)26(17)2)7-18(16)32(30,31)25-19-14-9-27(10-15(14)19)12-5-3-4-11(22)6-12/h3-8,14-15,19,23,25H,9-10H2,1-2H3,(H,24,28,29)/t14-,15+,19?. The van der Waals surface area contributed by atoms with E-state index in [2.05, 4.69) is 19.9 Å². The summed E-state index contributed by atoms with van der Waals surface area (Å²) in [6.45, 7) is 1.28. The van der Waals surface area contributed by atoms with E-state index in [1.165, 1.54) is 35.9 Å². The number of benzene rings is 2.